The van der Waals surface area contributed by atoms with Crippen molar-refractivity contribution in [2.24, 2.45) is 7.05 Å². The van der Waals surface area contributed by atoms with Gasteiger partial charge < -0.3 is 10.0 Å². The minimum absolute atomic E-state index is 0.0555. The standard InChI is InChI=1S/C13H17N5O3/c1-4-18-6-5-9(15-18)8-16(2)12(19)11-10(13(20)21)7-14-17(11)3/h5-7H,4,8H2,1-3H3,(H,20,21). The number of rotatable bonds is 5. The Morgan fingerprint density at radius 3 is 2.71 bits per heavy atom. The van der Waals surface area contributed by atoms with Gasteiger partial charge in [0.25, 0.3) is 5.91 Å². The van der Waals surface area contributed by atoms with Crippen molar-refractivity contribution < 1.29 is 14.7 Å². The number of hydrogen-bond acceptors (Lipinski definition) is 4. The summed E-state index contributed by atoms with van der Waals surface area (Å²) in [5, 5.41) is 17.2. The third-order valence-electron chi connectivity index (χ3n) is 3.14. The Kier molecular flexibility index (Phi) is 4.06. The van der Waals surface area contributed by atoms with Crippen molar-refractivity contribution in [3.63, 3.8) is 0 Å². The highest BCUT2D eigenvalue weighted by atomic mass is 16.4. The van der Waals surface area contributed by atoms with Crippen LogP contribution in [0.3, 0.4) is 0 Å². The first-order valence-electron chi connectivity index (χ1n) is 6.47. The molecule has 0 aliphatic heterocycles. The molecule has 0 saturated heterocycles. The number of aryl methyl sites for hydroxylation is 2. The predicted octanol–water partition coefficient (Wildman–Crippen LogP) is 0.607. The Balaban J connectivity index is 2.19. The molecule has 0 atom stereocenters. The van der Waals surface area contributed by atoms with Gasteiger partial charge in [0, 0.05) is 26.8 Å². The molecule has 0 radical (unpaired) electrons. The predicted molar refractivity (Wildman–Crippen MR) is 73.9 cm³/mol. The van der Waals surface area contributed by atoms with Gasteiger partial charge in [-0.15, -0.1) is 0 Å². The summed E-state index contributed by atoms with van der Waals surface area (Å²) in [4.78, 5) is 24.9. The van der Waals surface area contributed by atoms with Crippen molar-refractivity contribution in [1.29, 1.82) is 0 Å². The van der Waals surface area contributed by atoms with Crippen LogP contribution in [0, 0.1) is 0 Å². The summed E-state index contributed by atoms with van der Waals surface area (Å²) in [7, 11) is 3.14. The van der Waals surface area contributed by atoms with Crippen LogP contribution in [0.2, 0.25) is 0 Å². The molecule has 0 aliphatic carbocycles. The lowest BCUT2D eigenvalue weighted by Crippen LogP contribution is -2.29. The Hall–Kier alpha value is -2.64. The molecule has 0 aliphatic rings. The second kappa shape index (κ2) is 5.78. The number of nitrogens with zero attached hydrogens (tertiary/aromatic N) is 5. The third kappa shape index (κ3) is 2.93. The molecule has 0 spiro atoms. The highest BCUT2D eigenvalue weighted by molar-refractivity contribution is 6.03. The first kappa shape index (κ1) is 14.8. The highest BCUT2D eigenvalue weighted by Gasteiger charge is 2.24. The van der Waals surface area contributed by atoms with E-state index in [1.807, 2.05) is 19.2 Å². The monoisotopic (exact) mass is 291 g/mol. The molecular formula is C13H17N5O3. The molecule has 0 bridgehead atoms. The van der Waals surface area contributed by atoms with Crippen LogP contribution in [0.4, 0.5) is 0 Å². The molecule has 8 nitrogen and oxygen atoms in total. The van der Waals surface area contributed by atoms with E-state index in [9.17, 15) is 9.59 Å². The molecule has 1 amide bonds. The Morgan fingerprint density at radius 1 is 1.43 bits per heavy atom. The molecule has 0 fully saturated rings. The summed E-state index contributed by atoms with van der Waals surface area (Å²) >= 11 is 0. The van der Waals surface area contributed by atoms with Gasteiger partial charge in [-0.3, -0.25) is 14.2 Å². The number of carboxylic acids is 1. The van der Waals surface area contributed by atoms with Crippen LogP contribution in [0.1, 0.15) is 33.5 Å². The summed E-state index contributed by atoms with van der Waals surface area (Å²) in [5.74, 6) is -1.58. The quantitative estimate of drug-likeness (QED) is 0.871. The minimum Gasteiger partial charge on any atom is -0.478 e. The second-order valence-electron chi connectivity index (χ2n) is 4.66. The second-order valence-corrected chi connectivity index (χ2v) is 4.66. The van der Waals surface area contributed by atoms with Crippen molar-refractivity contribution in [2.75, 3.05) is 7.05 Å². The van der Waals surface area contributed by atoms with Gasteiger partial charge in [-0.2, -0.15) is 10.2 Å². The molecule has 112 valence electrons. The van der Waals surface area contributed by atoms with Crippen molar-refractivity contribution in [1.82, 2.24) is 24.5 Å². The zero-order chi connectivity index (χ0) is 15.6. The van der Waals surface area contributed by atoms with E-state index >= 15 is 0 Å². The lowest BCUT2D eigenvalue weighted by atomic mass is 10.2. The van der Waals surface area contributed by atoms with E-state index in [1.165, 1.54) is 15.8 Å². The number of aromatic carboxylic acids is 1. The van der Waals surface area contributed by atoms with Gasteiger partial charge in [-0.05, 0) is 13.0 Å². The van der Waals surface area contributed by atoms with Gasteiger partial charge in [-0.1, -0.05) is 0 Å². The fourth-order valence-electron chi connectivity index (χ4n) is 2.01. The molecule has 0 aromatic carbocycles. The average molecular weight is 291 g/mol. The van der Waals surface area contributed by atoms with Crippen LogP contribution in [0.5, 0.6) is 0 Å². The van der Waals surface area contributed by atoms with Crippen LogP contribution < -0.4 is 0 Å². The van der Waals surface area contributed by atoms with Crippen LogP contribution in [0.25, 0.3) is 0 Å². The molecule has 2 heterocycles. The molecule has 2 aromatic heterocycles. The largest absolute Gasteiger partial charge is 0.478 e. The zero-order valence-electron chi connectivity index (χ0n) is 12.1. The summed E-state index contributed by atoms with van der Waals surface area (Å²) in [6.45, 7) is 3.03. The van der Waals surface area contributed by atoms with Gasteiger partial charge in [-0.25, -0.2) is 4.79 Å². The van der Waals surface area contributed by atoms with E-state index in [-0.39, 0.29) is 11.3 Å². The first-order valence-corrected chi connectivity index (χ1v) is 6.47. The molecule has 0 unspecified atom stereocenters. The van der Waals surface area contributed by atoms with E-state index in [1.54, 1.807) is 18.8 Å². The lowest BCUT2D eigenvalue weighted by Gasteiger charge is -2.16. The van der Waals surface area contributed by atoms with Gasteiger partial charge >= 0.3 is 5.97 Å². The Labute approximate surface area is 121 Å². The van der Waals surface area contributed by atoms with E-state index in [2.05, 4.69) is 10.2 Å². The van der Waals surface area contributed by atoms with Gasteiger partial charge in [0.05, 0.1) is 18.4 Å². The minimum atomic E-state index is -1.17. The van der Waals surface area contributed by atoms with Crippen LogP contribution in [-0.2, 0) is 20.1 Å². The maximum Gasteiger partial charge on any atom is 0.339 e. The maximum atomic E-state index is 12.4. The summed E-state index contributed by atoms with van der Waals surface area (Å²) in [6, 6.07) is 1.83. The molecule has 21 heavy (non-hydrogen) atoms. The van der Waals surface area contributed by atoms with Crippen molar-refractivity contribution >= 4 is 11.9 Å². The Bertz CT molecular complexity index is 673. The molecular weight excluding hydrogens is 274 g/mol. The topological polar surface area (TPSA) is 93.3 Å². The van der Waals surface area contributed by atoms with Crippen LogP contribution in [-0.4, -0.2) is 48.5 Å². The first-order chi connectivity index (χ1) is 9.93. The smallest absolute Gasteiger partial charge is 0.339 e. The van der Waals surface area contributed by atoms with Crippen LogP contribution >= 0.6 is 0 Å². The highest BCUT2D eigenvalue weighted by Crippen LogP contribution is 2.12. The molecule has 8 heteroatoms. The third-order valence-corrected chi connectivity index (χ3v) is 3.14. The zero-order valence-corrected chi connectivity index (χ0v) is 12.1. The Morgan fingerprint density at radius 2 is 2.14 bits per heavy atom. The number of carbonyl (C=O) groups is 2. The molecule has 0 saturated carbocycles. The molecule has 2 rings (SSSR count). The van der Waals surface area contributed by atoms with Crippen LogP contribution in [0.15, 0.2) is 18.5 Å². The van der Waals surface area contributed by atoms with E-state index < -0.39 is 11.9 Å². The van der Waals surface area contributed by atoms with Crippen molar-refractivity contribution in [3.05, 3.63) is 35.4 Å². The van der Waals surface area contributed by atoms with Crippen molar-refractivity contribution in [2.45, 2.75) is 20.0 Å². The van der Waals surface area contributed by atoms with E-state index in [0.717, 1.165) is 12.2 Å². The van der Waals surface area contributed by atoms with Crippen molar-refractivity contribution in [3.8, 4) is 0 Å². The molecule has 2 aromatic rings. The number of aromatic nitrogens is 4. The summed E-state index contributed by atoms with van der Waals surface area (Å²) in [6.07, 6.45) is 3.01. The number of amides is 1. The van der Waals surface area contributed by atoms with Gasteiger partial charge in [0.2, 0.25) is 0 Å². The van der Waals surface area contributed by atoms with Gasteiger partial charge in [0.15, 0.2) is 0 Å². The number of carboxylic acid groups (broad SMARTS) is 1. The number of carbonyl (C=O) groups excluding carboxylic acids is 1. The fraction of sp³-hybridized carbons (Fsp3) is 0.385. The maximum absolute atomic E-state index is 12.4. The summed E-state index contributed by atoms with van der Waals surface area (Å²) in [5.41, 5.74) is 0.695. The van der Waals surface area contributed by atoms with E-state index in [0.29, 0.717) is 6.54 Å². The SMILES string of the molecule is CCn1ccc(CN(C)C(=O)c2c(C(=O)O)cnn2C)n1. The molecule has 1 N–H and O–H groups in total. The lowest BCUT2D eigenvalue weighted by molar-refractivity contribution is 0.0678. The summed E-state index contributed by atoms with van der Waals surface area (Å²) < 4.78 is 3.04. The normalized spacial score (nSPS) is 10.6. The van der Waals surface area contributed by atoms with E-state index in [4.69, 9.17) is 5.11 Å². The number of hydrogen-bond donors (Lipinski definition) is 1. The average Bonchev–Trinajstić information content (AvgIpc) is 3.04. The van der Waals surface area contributed by atoms with Gasteiger partial charge in [0.1, 0.15) is 11.3 Å². The fourth-order valence-corrected chi connectivity index (χ4v) is 2.01.